The van der Waals surface area contributed by atoms with Crippen LogP contribution in [0.2, 0.25) is 0 Å². The van der Waals surface area contributed by atoms with E-state index in [1.165, 1.54) is 0 Å². The molecule has 1 aromatic heterocycles. The number of rotatable bonds is 4. The third-order valence-electron chi connectivity index (χ3n) is 1.90. The number of carbonyl (C=O) groups excluding carboxylic acids is 1. The molecule has 2 N–H and O–H groups in total. The summed E-state index contributed by atoms with van der Waals surface area (Å²) in [6, 6.07) is 1.76. The van der Waals surface area contributed by atoms with Crippen molar-refractivity contribution in [3.05, 3.63) is 23.4 Å². The average Bonchev–Trinajstić information content (AvgIpc) is 2.14. The number of ketones is 1. The second kappa shape index (κ2) is 4.72. The van der Waals surface area contributed by atoms with Crippen LogP contribution in [0.25, 0.3) is 0 Å². The van der Waals surface area contributed by atoms with E-state index in [0.717, 1.165) is 5.56 Å². The Morgan fingerprint density at radius 1 is 1.64 bits per heavy atom. The molecule has 0 aliphatic carbocycles. The van der Waals surface area contributed by atoms with E-state index in [-0.39, 0.29) is 18.2 Å². The van der Waals surface area contributed by atoms with Gasteiger partial charge in [-0.2, -0.15) is 0 Å². The van der Waals surface area contributed by atoms with Crippen molar-refractivity contribution >= 4 is 11.6 Å². The van der Waals surface area contributed by atoms with Gasteiger partial charge in [0.2, 0.25) is 0 Å². The fraction of sp³-hybridized carbons (Fsp3) is 0.400. The third-order valence-corrected chi connectivity index (χ3v) is 1.90. The number of nitrogens with zero attached hydrogens (tertiary/aromatic N) is 1. The van der Waals surface area contributed by atoms with Gasteiger partial charge in [-0.3, -0.25) is 4.79 Å². The Labute approximate surface area is 83.1 Å². The molecule has 4 nitrogen and oxygen atoms in total. The highest BCUT2D eigenvalue weighted by molar-refractivity contribution is 6.02. The molecule has 4 heteroatoms. The molecular formula is C10H14N2O2. The molecule has 1 heterocycles. The molecule has 1 rings (SSSR count). The lowest BCUT2D eigenvalue weighted by Gasteiger charge is -2.06. The van der Waals surface area contributed by atoms with E-state index in [9.17, 15) is 4.79 Å². The molecule has 0 bridgehead atoms. The van der Waals surface area contributed by atoms with Gasteiger partial charge < -0.3 is 10.5 Å². The minimum absolute atomic E-state index is 0.0627. The number of Topliss-reactive ketones (excluding diaryl/α,β-unsaturated/α-hetero) is 1. The predicted molar refractivity (Wildman–Crippen MR) is 54.2 cm³/mol. The third kappa shape index (κ3) is 2.29. The Balaban J connectivity index is 2.89. The smallest absolute Gasteiger partial charge is 0.192 e. The van der Waals surface area contributed by atoms with Crippen molar-refractivity contribution in [2.45, 2.75) is 13.8 Å². The van der Waals surface area contributed by atoms with Gasteiger partial charge in [0.1, 0.15) is 12.4 Å². The molecule has 0 unspecified atom stereocenters. The lowest BCUT2D eigenvalue weighted by molar-refractivity contribution is 0.0783. The van der Waals surface area contributed by atoms with Crippen LogP contribution in [0.1, 0.15) is 22.8 Å². The van der Waals surface area contributed by atoms with Crippen molar-refractivity contribution in [2.75, 3.05) is 18.9 Å². The van der Waals surface area contributed by atoms with E-state index in [4.69, 9.17) is 10.5 Å². The fourth-order valence-corrected chi connectivity index (χ4v) is 1.21. The zero-order chi connectivity index (χ0) is 10.6. The summed E-state index contributed by atoms with van der Waals surface area (Å²) in [7, 11) is 0. The lowest BCUT2D eigenvalue weighted by Crippen LogP contribution is -2.13. The number of anilines is 1. The van der Waals surface area contributed by atoms with Gasteiger partial charge in [-0.1, -0.05) is 0 Å². The lowest BCUT2D eigenvalue weighted by atomic mass is 10.1. The van der Waals surface area contributed by atoms with Crippen LogP contribution in [-0.2, 0) is 4.74 Å². The van der Waals surface area contributed by atoms with Crippen LogP contribution >= 0.6 is 0 Å². The zero-order valence-corrected chi connectivity index (χ0v) is 8.41. The van der Waals surface area contributed by atoms with E-state index in [1.807, 2.05) is 13.8 Å². The molecule has 0 saturated heterocycles. The van der Waals surface area contributed by atoms with Crippen LogP contribution in [0.4, 0.5) is 5.82 Å². The Hall–Kier alpha value is -1.42. The molecule has 14 heavy (non-hydrogen) atoms. The number of ether oxygens (including phenoxy) is 1. The number of nitrogens with two attached hydrogens (primary N) is 1. The van der Waals surface area contributed by atoms with Crippen LogP contribution in [0, 0.1) is 6.92 Å². The molecule has 76 valence electrons. The van der Waals surface area contributed by atoms with Gasteiger partial charge >= 0.3 is 0 Å². The highest BCUT2D eigenvalue weighted by Gasteiger charge is 2.12. The first kappa shape index (κ1) is 10.7. The van der Waals surface area contributed by atoms with Crippen LogP contribution in [-0.4, -0.2) is 24.0 Å². The molecule has 0 amide bonds. The molecule has 0 radical (unpaired) electrons. The second-order valence-electron chi connectivity index (χ2n) is 2.95. The van der Waals surface area contributed by atoms with Crippen molar-refractivity contribution in [1.82, 2.24) is 4.98 Å². The molecule has 0 saturated carbocycles. The summed E-state index contributed by atoms with van der Waals surface area (Å²) >= 11 is 0. The fourth-order valence-electron chi connectivity index (χ4n) is 1.21. The molecular weight excluding hydrogens is 180 g/mol. The Kier molecular flexibility index (Phi) is 3.59. The topological polar surface area (TPSA) is 65.2 Å². The normalized spacial score (nSPS) is 10.1. The predicted octanol–water partition coefficient (Wildman–Crippen LogP) is 1.19. The van der Waals surface area contributed by atoms with Crippen molar-refractivity contribution in [1.29, 1.82) is 0 Å². The first-order valence-electron chi connectivity index (χ1n) is 4.48. The first-order chi connectivity index (χ1) is 6.66. The monoisotopic (exact) mass is 194 g/mol. The van der Waals surface area contributed by atoms with E-state index in [2.05, 4.69) is 4.98 Å². The molecule has 0 aromatic carbocycles. The number of nitrogen functional groups attached to an aromatic ring is 1. The summed E-state index contributed by atoms with van der Waals surface area (Å²) in [5, 5.41) is 0. The summed E-state index contributed by atoms with van der Waals surface area (Å²) < 4.78 is 5.03. The van der Waals surface area contributed by atoms with Gasteiger partial charge in [0, 0.05) is 12.8 Å². The standard InChI is InChI=1S/C10H14N2O2/c1-3-14-6-8(13)9-7(2)4-5-12-10(9)11/h4-5H,3,6H2,1-2H3,(H2,11,12). The maximum absolute atomic E-state index is 11.6. The summed E-state index contributed by atoms with van der Waals surface area (Å²) in [6.07, 6.45) is 1.59. The van der Waals surface area contributed by atoms with Gasteiger partial charge in [-0.05, 0) is 25.5 Å². The van der Waals surface area contributed by atoms with E-state index in [1.54, 1.807) is 12.3 Å². The van der Waals surface area contributed by atoms with Gasteiger partial charge in [0.25, 0.3) is 0 Å². The van der Waals surface area contributed by atoms with Crippen LogP contribution in [0.5, 0.6) is 0 Å². The summed E-state index contributed by atoms with van der Waals surface area (Å²) in [6.45, 7) is 4.25. The largest absolute Gasteiger partial charge is 0.383 e. The number of hydrogen-bond acceptors (Lipinski definition) is 4. The number of aromatic nitrogens is 1. The highest BCUT2D eigenvalue weighted by Crippen LogP contribution is 2.13. The van der Waals surface area contributed by atoms with E-state index >= 15 is 0 Å². The van der Waals surface area contributed by atoms with Crippen molar-refractivity contribution in [3.8, 4) is 0 Å². The van der Waals surface area contributed by atoms with Crippen LogP contribution in [0.15, 0.2) is 12.3 Å². The minimum atomic E-state index is -0.116. The maximum Gasteiger partial charge on any atom is 0.192 e. The van der Waals surface area contributed by atoms with Crippen molar-refractivity contribution < 1.29 is 9.53 Å². The Bertz CT molecular complexity index is 317. The minimum Gasteiger partial charge on any atom is -0.383 e. The van der Waals surface area contributed by atoms with Gasteiger partial charge in [-0.15, -0.1) is 0 Å². The molecule has 0 spiro atoms. The van der Waals surface area contributed by atoms with Gasteiger partial charge in [-0.25, -0.2) is 4.98 Å². The van der Waals surface area contributed by atoms with E-state index < -0.39 is 0 Å². The van der Waals surface area contributed by atoms with Crippen LogP contribution < -0.4 is 5.73 Å². The molecule has 0 atom stereocenters. The molecule has 0 aliphatic rings. The molecule has 1 aromatic rings. The summed E-state index contributed by atoms with van der Waals surface area (Å²) in [5.74, 6) is 0.157. The molecule has 0 fully saturated rings. The first-order valence-corrected chi connectivity index (χ1v) is 4.48. The SMILES string of the molecule is CCOCC(=O)c1c(C)ccnc1N. The maximum atomic E-state index is 11.6. The molecule has 0 aliphatic heterocycles. The van der Waals surface area contributed by atoms with Crippen LogP contribution in [0.3, 0.4) is 0 Å². The Morgan fingerprint density at radius 3 is 2.93 bits per heavy atom. The van der Waals surface area contributed by atoms with Crippen molar-refractivity contribution in [2.24, 2.45) is 0 Å². The second-order valence-corrected chi connectivity index (χ2v) is 2.95. The van der Waals surface area contributed by atoms with Crippen molar-refractivity contribution in [3.63, 3.8) is 0 Å². The number of pyridine rings is 1. The number of hydrogen-bond donors (Lipinski definition) is 1. The summed E-state index contributed by atoms with van der Waals surface area (Å²) in [5.41, 5.74) is 6.92. The number of aryl methyl sites for hydroxylation is 1. The summed E-state index contributed by atoms with van der Waals surface area (Å²) in [4.78, 5) is 15.5. The van der Waals surface area contributed by atoms with E-state index in [0.29, 0.717) is 12.2 Å². The van der Waals surface area contributed by atoms with Gasteiger partial charge in [0.05, 0.1) is 5.56 Å². The highest BCUT2D eigenvalue weighted by atomic mass is 16.5. The zero-order valence-electron chi connectivity index (χ0n) is 8.41. The average molecular weight is 194 g/mol. The van der Waals surface area contributed by atoms with Gasteiger partial charge in [0.15, 0.2) is 5.78 Å². The Morgan fingerprint density at radius 2 is 2.36 bits per heavy atom. The number of carbonyl (C=O) groups is 1. The quantitative estimate of drug-likeness (QED) is 0.731.